The number of aliphatic carboxylic acids is 1. The predicted octanol–water partition coefficient (Wildman–Crippen LogP) is 1.98. The Bertz CT molecular complexity index is 799. The molecule has 2 aliphatic rings. The smallest absolute Gasteiger partial charge is 0.311 e. The number of esters is 1. The minimum Gasteiger partial charge on any atom is -0.544 e. The van der Waals surface area contributed by atoms with E-state index in [2.05, 4.69) is 20.4 Å². The molecule has 4 atom stereocenters. The summed E-state index contributed by atoms with van der Waals surface area (Å²) in [4.78, 5) is 23.4. The summed E-state index contributed by atoms with van der Waals surface area (Å²) in [5, 5.41) is 12.3. The number of methoxy groups -OCH3 is 1. The van der Waals surface area contributed by atoms with E-state index in [1.54, 1.807) is 11.6 Å². The van der Waals surface area contributed by atoms with Crippen LogP contribution in [0.5, 0.6) is 0 Å². The van der Waals surface area contributed by atoms with Crippen LogP contribution < -0.4 is 10.4 Å². The summed E-state index contributed by atoms with van der Waals surface area (Å²) in [6.45, 7) is 9.26. The number of hydrogen-bond acceptors (Lipinski definition) is 5. The van der Waals surface area contributed by atoms with Gasteiger partial charge < -0.3 is 24.4 Å². The second-order valence-electron chi connectivity index (χ2n) is 9.55. The topological polar surface area (TPSA) is 96.2 Å². The first kappa shape index (κ1) is 22.6. The summed E-state index contributed by atoms with van der Waals surface area (Å²) in [6.07, 6.45) is 8.44. The summed E-state index contributed by atoms with van der Waals surface area (Å²) in [6, 6.07) is 1.98. The van der Waals surface area contributed by atoms with Crippen molar-refractivity contribution in [3.05, 3.63) is 35.8 Å². The van der Waals surface area contributed by atoms with Crippen molar-refractivity contribution in [2.45, 2.75) is 65.3 Å². The lowest BCUT2D eigenvalue weighted by Crippen LogP contribution is -2.85. The van der Waals surface area contributed by atoms with E-state index in [0.717, 1.165) is 56.3 Å². The molecule has 3 rings (SSSR count). The fourth-order valence-electron chi connectivity index (χ4n) is 6.35. The average Bonchev–Trinajstić information content (AvgIpc) is 3.13. The van der Waals surface area contributed by atoms with Crippen LogP contribution in [0.3, 0.4) is 0 Å². The molecule has 1 aromatic heterocycles. The Kier molecular flexibility index (Phi) is 6.75. The average molecular weight is 418 g/mol. The highest BCUT2D eigenvalue weighted by atomic mass is 16.5. The Morgan fingerprint density at radius 1 is 1.37 bits per heavy atom. The zero-order valence-corrected chi connectivity index (χ0v) is 18.5. The Morgan fingerprint density at radius 3 is 2.83 bits per heavy atom. The fraction of sp³-hybridized carbons (Fsp3) is 0.667. The second-order valence-corrected chi connectivity index (χ2v) is 9.55. The number of nitrogens with two attached hydrogens (primary N) is 1. The van der Waals surface area contributed by atoms with Crippen LogP contribution in [0.4, 0.5) is 0 Å². The molecule has 30 heavy (non-hydrogen) atoms. The second kappa shape index (κ2) is 8.96. The van der Waals surface area contributed by atoms with E-state index in [4.69, 9.17) is 9.15 Å². The number of carbonyl (C=O) groups is 2. The normalized spacial score (nSPS) is 31.2. The molecule has 166 valence electrons. The van der Waals surface area contributed by atoms with Gasteiger partial charge in [0.1, 0.15) is 13.1 Å². The van der Waals surface area contributed by atoms with E-state index >= 15 is 0 Å². The van der Waals surface area contributed by atoms with Crippen LogP contribution in [0.1, 0.15) is 63.7 Å². The van der Waals surface area contributed by atoms with Crippen LogP contribution in [0.2, 0.25) is 0 Å². The van der Waals surface area contributed by atoms with Gasteiger partial charge in [-0.3, -0.25) is 4.79 Å². The van der Waals surface area contributed by atoms with Gasteiger partial charge in [-0.05, 0) is 74.3 Å². The number of furan rings is 1. The van der Waals surface area contributed by atoms with Crippen molar-refractivity contribution in [3.63, 3.8) is 0 Å². The number of aryl methyl sites for hydroxylation is 1. The molecule has 0 amide bonds. The maximum Gasteiger partial charge on any atom is 0.311 e. The molecule has 2 aliphatic carbocycles. The lowest BCUT2D eigenvalue weighted by molar-refractivity contribution is -0.667. The predicted molar refractivity (Wildman–Crippen MR) is 110 cm³/mol. The number of rotatable bonds is 8. The summed E-state index contributed by atoms with van der Waals surface area (Å²) < 4.78 is 10.8. The highest BCUT2D eigenvalue weighted by Gasteiger charge is 2.57. The van der Waals surface area contributed by atoms with Crippen molar-refractivity contribution in [2.24, 2.45) is 22.7 Å². The van der Waals surface area contributed by atoms with E-state index in [1.165, 1.54) is 12.7 Å². The number of fused-ring (bicyclic) bond motifs is 1. The van der Waals surface area contributed by atoms with Crippen molar-refractivity contribution in [3.8, 4) is 0 Å². The minimum atomic E-state index is -1.08. The van der Waals surface area contributed by atoms with Gasteiger partial charge in [-0.1, -0.05) is 25.5 Å². The molecule has 6 heteroatoms. The van der Waals surface area contributed by atoms with E-state index in [1.807, 2.05) is 6.07 Å². The highest BCUT2D eigenvalue weighted by Crippen LogP contribution is 2.62. The van der Waals surface area contributed by atoms with Crippen molar-refractivity contribution in [1.29, 1.82) is 0 Å². The van der Waals surface area contributed by atoms with E-state index in [9.17, 15) is 14.7 Å². The molecule has 1 heterocycles. The van der Waals surface area contributed by atoms with Gasteiger partial charge in [0.25, 0.3) is 0 Å². The molecule has 2 saturated carbocycles. The Balaban J connectivity index is 1.74. The zero-order valence-electron chi connectivity index (χ0n) is 18.5. The molecule has 0 bridgehead atoms. The monoisotopic (exact) mass is 417 g/mol. The van der Waals surface area contributed by atoms with Crippen molar-refractivity contribution in [1.82, 2.24) is 0 Å². The quantitative estimate of drug-likeness (QED) is 0.515. The highest BCUT2D eigenvalue weighted by molar-refractivity contribution is 5.77. The van der Waals surface area contributed by atoms with Gasteiger partial charge in [-0.25, -0.2) is 0 Å². The van der Waals surface area contributed by atoms with Crippen LogP contribution in [0.25, 0.3) is 0 Å². The summed E-state index contributed by atoms with van der Waals surface area (Å²) in [7, 11) is 1.50. The van der Waals surface area contributed by atoms with Gasteiger partial charge in [0.05, 0.1) is 24.8 Å². The molecule has 0 aliphatic heterocycles. The van der Waals surface area contributed by atoms with Crippen LogP contribution in [0.15, 0.2) is 28.9 Å². The molecule has 2 fully saturated rings. The lowest BCUT2D eigenvalue weighted by Gasteiger charge is -2.57. The third-order valence-electron chi connectivity index (χ3n) is 7.85. The fourth-order valence-corrected chi connectivity index (χ4v) is 6.35. The molecule has 1 aromatic rings. The first-order chi connectivity index (χ1) is 14.2. The number of carboxylic acid groups (broad SMARTS) is 1. The molecular weight excluding hydrogens is 382 g/mol. The number of carboxylic acids is 1. The summed E-state index contributed by atoms with van der Waals surface area (Å²) in [5.41, 5.74) is 2.01. The van der Waals surface area contributed by atoms with E-state index in [-0.39, 0.29) is 17.9 Å². The molecule has 0 unspecified atom stereocenters. The standard InChI is InChI=1S/C24H35NO5/c1-16-6-9-20-23(2,11-5-12-24(20,3)22(28)29-4)18(16)8-7-17-10-13-30-19(17)14-25-15-21(26)27/h10,13,18,20,25H,1,5-9,11-12,14-15H2,2-4H3,(H,26,27)/t18-,20+,23-,24+/m0/s1. The first-order valence-corrected chi connectivity index (χ1v) is 11.0. The molecular formula is C24H35NO5. The third kappa shape index (κ3) is 4.20. The maximum atomic E-state index is 12.7. The molecule has 0 aromatic carbocycles. The number of ether oxygens (including phenoxy) is 1. The minimum absolute atomic E-state index is 0.0293. The van der Waals surface area contributed by atoms with Gasteiger partial charge >= 0.3 is 5.97 Å². The Morgan fingerprint density at radius 2 is 2.13 bits per heavy atom. The number of allylic oxidation sites excluding steroid dienone is 1. The Hall–Kier alpha value is -2.08. The molecule has 2 N–H and O–H groups in total. The van der Waals surface area contributed by atoms with Crippen LogP contribution in [-0.4, -0.2) is 25.6 Å². The van der Waals surface area contributed by atoms with Crippen molar-refractivity contribution < 1.29 is 29.2 Å². The largest absolute Gasteiger partial charge is 0.544 e. The van der Waals surface area contributed by atoms with Crippen molar-refractivity contribution in [2.75, 3.05) is 13.7 Å². The van der Waals surface area contributed by atoms with Gasteiger partial charge in [0.2, 0.25) is 0 Å². The lowest BCUT2D eigenvalue weighted by atomic mass is 9.46. The van der Waals surface area contributed by atoms with E-state index < -0.39 is 11.4 Å². The maximum absolute atomic E-state index is 12.7. The van der Waals surface area contributed by atoms with Gasteiger partial charge in [-0.15, -0.1) is 0 Å². The summed E-state index contributed by atoms with van der Waals surface area (Å²) >= 11 is 0. The van der Waals surface area contributed by atoms with Gasteiger partial charge in [0, 0.05) is 0 Å². The number of carbonyl (C=O) groups excluding carboxylic acids is 2. The number of hydrogen-bond donors (Lipinski definition) is 1. The third-order valence-corrected chi connectivity index (χ3v) is 7.85. The summed E-state index contributed by atoms with van der Waals surface area (Å²) in [5.74, 6) is 0.302. The van der Waals surface area contributed by atoms with Gasteiger partial charge in [-0.2, -0.15) is 0 Å². The van der Waals surface area contributed by atoms with Crippen LogP contribution >= 0.6 is 0 Å². The zero-order chi connectivity index (χ0) is 21.9. The van der Waals surface area contributed by atoms with Crippen LogP contribution in [-0.2, 0) is 27.3 Å². The van der Waals surface area contributed by atoms with Crippen LogP contribution in [0, 0.1) is 22.7 Å². The molecule has 0 spiro atoms. The first-order valence-electron chi connectivity index (χ1n) is 11.0. The van der Waals surface area contributed by atoms with E-state index in [0.29, 0.717) is 18.4 Å². The SMILES string of the molecule is C=C1CC[C@@H]2[C@@](C)(CCC[C@@]2(C)C(=O)OC)[C@H]1CCc1ccoc1C[NH2+]CC(=O)[O-]. The van der Waals surface area contributed by atoms with Crippen molar-refractivity contribution >= 4 is 11.9 Å². The number of quaternary nitrogens is 1. The molecule has 0 radical (unpaired) electrons. The molecule has 0 saturated heterocycles. The Labute approximate surface area is 179 Å². The molecule has 6 nitrogen and oxygen atoms in total. The van der Waals surface area contributed by atoms with Gasteiger partial charge in [0.15, 0.2) is 5.76 Å².